The molecule has 4 rings (SSSR count). The second kappa shape index (κ2) is 13.8. The van der Waals surface area contributed by atoms with E-state index in [0.717, 1.165) is 0 Å². The molecule has 2 heterocycles. The monoisotopic (exact) mass is 604 g/mol. The van der Waals surface area contributed by atoms with Gasteiger partial charge in [0, 0.05) is 39.3 Å². The van der Waals surface area contributed by atoms with Crippen molar-refractivity contribution in [3.63, 3.8) is 0 Å². The van der Waals surface area contributed by atoms with E-state index in [1.54, 1.807) is 12.1 Å². The number of halogens is 9. The van der Waals surface area contributed by atoms with Crippen LogP contribution < -0.4 is 0 Å². The van der Waals surface area contributed by atoms with Crippen LogP contribution in [0.1, 0.15) is 23.3 Å². The summed E-state index contributed by atoms with van der Waals surface area (Å²) in [7, 11) is 0. The van der Waals surface area contributed by atoms with Crippen molar-refractivity contribution >= 4 is 12.4 Å². The highest BCUT2D eigenvalue weighted by atomic mass is 35.5. The van der Waals surface area contributed by atoms with Crippen LogP contribution in [0.25, 0.3) is 0 Å². The second-order valence-corrected chi connectivity index (χ2v) is 9.54. The first kappa shape index (κ1) is 32.5. The van der Waals surface area contributed by atoms with E-state index < -0.39 is 61.5 Å². The van der Waals surface area contributed by atoms with Crippen molar-refractivity contribution in [2.45, 2.75) is 36.8 Å². The predicted molar refractivity (Wildman–Crippen MR) is 131 cm³/mol. The second-order valence-electron chi connectivity index (χ2n) is 9.54. The molecular weight excluding hydrogens is 576 g/mol. The Hall–Kier alpha value is -2.03. The molecule has 0 spiro atoms. The molecule has 2 unspecified atom stereocenters. The maximum atomic E-state index is 13.9. The average Bonchev–Trinajstić information content (AvgIpc) is 2.87. The lowest BCUT2D eigenvalue weighted by atomic mass is 10.1. The van der Waals surface area contributed by atoms with E-state index >= 15 is 0 Å². The molecule has 0 saturated carbocycles. The highest BCUT2D eigenvalue weighted by molar-refractivity contribution is 5.85. The minimum atomic E-state index is -5.08. The standard InChI is InChI=1S/C26H28F8N2O3.ClH/c27-19-5-1-3-17(11-19)21-13-35(7-9-37-21)15-23(25(29,30)31)39-24(26(32,33)34)16-36-8-10-38-22(14-36)18-4-2-6-20(28)12-18;/h1-6,11-12,21-24H,7-10,13-16H2;1H/t21?,22?,23-,24-;/m0./s1. The third kappa shape index (κ3) is 8.98. The Morgan fingerprint density at radius 3 is 1.48 bits per heavy atom. The molecule has 0 N–H and O–H groups in total. The van der Waals surface area contributed by atoms with E-state index in [1.165, 1.54) is 46.2 Å². The lowest BCUT2D eigenvalue weighted by Crippen LogP contribution is -2.53. The van der Waals surface area contributed by atoms with Gasteiger partial charge < -0.3 is 14.2 Å². The average molecular weight is 605 g/mol. The van der Waals surface area contributed by atoms with Crippen molar-refractivity contribution in [2.24, 2.45) is 0 Å². The van der Waals surface area contributed by atoms with Crippen molar-refractivity contribution < 1.29 is 49.3 Å². The van der Waals surface area contributed by atoms with Crippen molar-refractivity contribution in [2.75, 3.05) is 52.5 Å². The SMILES string of the molecule is Cl.Fc1cccc(C2CN(C[C@H](O[C@@H](CN3CCOC(c4cccc(F)c4)C3)C(F)(F)F)C(F)(F)F)CCO2)c1. The first-order valence-electron chi connectivity index (χ1n) is 12.4. The fraction of sp³-hybridized carbons (Fsp3) is 0.538. The van der Waals surface area contributed by atoms with Crippen LogP contribution >= 0.6 is 12.4 Å². The number of hydrogen-bond donors (Lipinski definition) is 0. The van der Waals surface area contributed by atoms with E-state index in [-0.39, 0.29) is 51.8 Å². The lowest BCUT2D eigenvalue weighted by molar-refractivity contribution is -0.292. The zero-order valence-corrected chi connectivity index (χ0v) is 22.0. The Morgan fingerprint density at radius 1 is 0.725 bits per heavy atom. The van der Waals surface area contributed by atoms with Gasteiger partial charge in [0.2, 0.25) is 0 Å². The van der Waals surface area contributed by atoms with Crippen LogP contribution in [0, 0.1) is 11.6 Å². The van der Waals surface area contributed by atoms with Crippen molar-refractivity contribution in [1.29, 1.82) is 0 Å². The van der Waals surface area contributed by atoms with Crippen LogP contribution in [-0.2, 0) is 14.2 Å². The lowest BCUT2D eigenvalue weighted by Gasteiger charge is -2.38. The first-order valence-corrected chi connectivity index (χ1v) is 12.4. The minimum Gasteiger partial charge on any atom is -0.371 e. The van der Waals surface area contributed by atoms with Crippen LogP contribution in [0.4, 0.5) is 35.1 Å². The van der Waals surface area contributed by atoms with Crippen molar-refractivity contribution in [3.8, 4) is 0 Å². The molecular formula is C26H29ClF8N2O3. The molecule has 5 nitrogen and oxygen atoms in total. The summed E-state index contributed by atoms with van der Waals surface area (Å²) in [6.07, 6.45) is -17.1. The number of morpholine rings is 2. The normalized spacial score (nSPS) is 22.9. The van der Waals surface area contributed by atoms with Gasteiger partial charge in [-0.1, -0.05) is 24.3 Å². The summed E-state index contributed by atoms with van der Waals surface area (Å²) in [5.41, 5.74) is 0.829. The van der Waals surface area contributed by atoms with Crippen molar-refractivity contribution in [3.05, 3.63) is 71.3 Å². The molecule has 14 heteroatoms. The number of rotatable bonds is 8. The van der Waals surface area contributed by atoms with Crippen LogP contribution in [0.15, 0.2) is 48.5 Å². The van der Waals surface area contributed by atoms with E-state index in [1.807, 2.05) is 0 Å². The van der Waals surface area contributed by atoms with E-state index in [9.17, 15) is 35.1 Å². The largest absolute Gasteiger partial charge is 0.415 e. The Balaban J connectivity index is 0.00000441. The topological polar surface area (TPSA) is 34.2 Å². The highest BCUT2D eigenvalue weighted by Crippen LogP contribution is 2.33. The summed E-state index contributed by atoms with van der Waals surface area (Å²) >= 11 is 0. The van der Waals surface area contributed by atoms with Gasteiger partial charge >= 0.3 is 12.4 Å². The maximum Gasteiger partial charge on any atom is 0.415 e. The van der Waals surface area contributed by atoms with Gasteiger partial charge in [-0.25, -0.2) is 8.78 Å². The van der Waals surface area contributed by atoms with Gasteiger partial charge in [0.05, 0.1) is 25.4 Å². The van der Waals surface area contributed by atoms with Crippen LogP contribution in [-0.4, -0.2) is 86.8 Å². The van der Waals surface area contributed by atoms with Gasteiger partial charge in [-0.15, -0.1) is 12.4 Å². The predicted octanol–water partition coefficient (Wildman–Crippen LogP) is 5.71. The fourth-order valence-corrected chi connectivity index (χ4v) is 4.67. The minimum absolute atomic E-state index is 0. The summed E-state index contributed by atoms with van der Waals surface area (Å²) in [5.74, 6) is -1.08. The van der Waals surface area contributed by atoms with Crippen LogP contribution in [0.2, 0.25) is 0 Å². The fourth-order valence-electron chi connectivity index (χ4n) is 4.67. The number of alkyl halides is 6. The molecule has 2 fully saturated rings. The van der Waals surface area contributed by atoms with E-state index in [2.05, 4.69) is 0 Å². The molecule has 0 aliphatic carbocycles. The third-order valence-electron chi connectivity index (χ3n) is 6.65. The zero-order chi connectivity index (χ0) is 28.2. The van der Waals surface area contributed by atoms with Crippen LogP contribution in [0.5, 0.6) is 0 Å². The highest BCUT2D eigenvalue weighted by Gasteiger charge is 2.50. The summed E-state index contributed by atoms with van der Waals surface area (Å²) in [6, 6.07) is 10.8. The summed E-state index contributed by atoms with van der Waals surface area (Å²) in [5, 5.41) is 0. The smallest absolute Gasteiger partial charge is 0.371 e. The quantitative estimate of drug-likeness (QED) is 0.361. The summed E-state index contributed by atoms with van der Waals surface area (Å²) in [6.45, 7) is -1.73. The molecule has 0 radical (unpaired) electrons. The molecule has 0 amide bonds. The van der Waals surface area contributed by atoms with E-state index in [4.69, 9.17) is 14.2 Å². The number of ether oxygens (including phenoxy) is 3. The van der Waals surface area contributed by atoms with Gasteiger partial charge in [0.1, 0.15) is 11.6 Å². The Labute approximate surface area is 232 Å². The van der Waals surface area contributed by atoms with Gasteiger partial charge in [0.25, 0.3) is 0 Å². The molecule has 2 aromatic rings. The molecule has 40 heavy (non-hydrogen) atoms. The zero-order valence-electron chi connectivity index (χ0n) is 21.1. The van der Waals surface area contributed by atoms with Crippen LogP contribution in [0.3, 0.4) is 0 Å². The molecule has 224 valence electrons. The molecule has 0 aromatic heterocycles. The van der Waals surface area contributed by atoms with Gasteiger partial charge in [0.15, 0.2) is 12.2 Å². The first-order chi connectivity index (χ1) is 18.4. The van der Waals surface area contributed by atoms with Gasteiger partial charge in [-0.2, -0.15) is 26.3 Å². The molecule has 2 aliphatic heterocycles. The third-order valence-corrected chi connectivity index (χ3v) is 6.65. The number of benzene rings is 2. The summed E-state index contributed by atoms with van der Waals surface area (Å²) in [4.78, 5) is 2.61. The Kier molecular flexibility index (Phi) is 11.2. The van der Waals surface area contributed by atoms with Crippen molar-refractivity contribution in [1.82, 2.24) is 9.80 Å². The molecule has 2 aromatic carbocycles. The molecule has 2 saturated heterocycles. The van der Waals surface area contributed by atoms with Gasteiger partial charge in [-0.3, -0.25) is 9.80 Å². The van der Waals surface area contributed by atoms with E-state index in [0.29, 0.717) is 11.1 Å². The number of nitrogens with zero attached hydrogens (tertiary/aromatic N) is 2. The number of hydrogen-bond acceptors (Lipinski definition) is 5. The summed E-state index contributed by atoms with van der Waals surface area (Å²) < 4.78 is 127. The Morgan fingerprint density at radius 2 is 1.12 bits per heavy atom. The molecule has 0 bridgehead atoms. The molecule has 4 atom stereocenters. The maximum absolute atomic E-state index is 13.9. The Bertz CT molecular complexity index is 1010. The molecule has 2 aliphatic rings. The van der Waals surface area contributed by atoms with Gasteiger partial charge in [-0.05, 0) is 35.4 Å².